The number of nitrogens with one attached hydrogen (secondary N) is 1. The second-order valence-corrected chi connectivity index (χ2v) is 6.16. The zero-order chi connectivity index (χ0) is 18.6. The van der Waals surface area contributed by atoms with E-state index in [1.807, 2.05) is 66.7 Å². The van der Waals surface area contributed by atoms with Gasteiger partial charge in [-0.25, -0.2) is 4.98 Å². The third-order valence-electron chi connectivity index (χ3n) is 4.25. The molecule has 0 bridgehead atoms. The van der Waals surface area contributed by atoms with E-state index in [1.54, 1.807) is 18.2 Å². The van der Waals surface area contributed by atoms with Gasteiger partial charge in [-0.15, -0.1) is 0 Å². The van der Waals surface area contributed by atoms with Crippen molar-refractivity contribution < 1.29 is 4.79 Å². The highest BCUT2D eigenvalue weighted by Crippen LogP contribution is 2.17. The SMILES string of the molecule is O=C(Cc1ccccc1)Nn1c(-c2ccccc2)nc2ccccc2c1=O. The number of aromatic nitrogens is 2. The first-order valence-electron chi connectivity index (χ1n) is 8.63. The third-order valence-corrected chi connectivity index (χ3v) is 4.25. The van der Waals surface area contributed by atoms with Crippen LogP contribution >= 0.6 is 0 Å². The smallest absolute Gasteiger partial charge is 0.273 e. The average Bonchev–Trinajstić information content (AvgIpc) is 2.71. The van der Waals surface area contributed by atoms with Crippen molar-refractivity contribution in [3.8, 4) is 11.4 Å². The number of para-hydroxylation sites is 1. The Bertz CT molecular complexity index is 1150. The summed E-state index contributed by atoms with van der Waals surface area (Å²) in [5.41, 5.74) is 4.63. The normalized spacial score (nSPS) is 10.7. The van der Waals surface area contributed by atoms with Gasteiger partial charge in [0.25, 0.3) is 5.56 Å². The fraction of sp³-hybridized carbons (Fsp3) is 0.0455. The van der Waals surface area contributed by atoms with Crippen molar-refractivity contribution in [3.63, 3.8) is 0 Å². The van der Waals surface area contributed by atoms with E-state index >= 15 is 0 Å². The van der Waals surface area contributed by atoms with Crippen molar-refractivity contribution in [1.29, 1.82) is 0 Å². The van der Waals surface area contributed by atoms with Crippen molar-refractivity contribution in [1.82, 2.24) is 9.66 Å². The van der Waals surface area contributed by atoms with Crippen LogP contribution in [-0.2, 0) is 11.2 Å². The summed E-state index contributed by atoms with van der Waals surface area (Å²) in [6.07, 6.45) is 0.175. The van der Waals surface area contributed by atoms with Gasteiger partial charge in [0.2, 0.25) is 5.91 Å². The molecule has 4 rings (SSSR count). The van der Waals surface area contributed by atoms with Crippen molar-refractivity contribution in [2.24, 2.45) is 0 Å². The molecule has 3 aromatic carbocycles. The van der Waals surface area contributed by atoms with Crippen LogP contribution < -0.4 is 11.0 Å². The lowest BCUT2D eigenvalue weighted by Crippen LogP contribution is -2.35. The van der Waals surface area contributed by atoms with E-state index in [9.17, 15) is 9.59 Å². The van der Waals surface area contributed by atoms with Gasteiger partial charge >= 0.3 is 0 Å². The molecule has 5 heteroatoms. The Hall–Kier alpha value is -3.73. The third kappa shape index (κ3) is 3.48. The van der Waals surface area contributed by atoms with E-state index in [0.717, 1.165) is 11.1 Å². The van der Waals surface area contributed by atoms with Gasteiger partial charge in [0.05, 0.1) is 17.3 Å². The highest BCUT2D eigenvalue weighted by molar-refractivity contribution is 5.87. The number of nitrogens with zero attached hydrogens (tertiary/aromatic N) is 2. The predicted molar refractivity (Wildman–Crippen MR) is 106 cm³/mol. The quantitative estimate of drug-likeness (QED) is 0.610. The van der Waals surface area contributed by atoms with Crippen LogP contribution in [0.25, 0.3) is 22.3 Å². The van der Waals surface area contributed by atoms with Gasteiger partial charge in [0.1, 0.15) is 0 Å². The number of carbonyl (C=O) groups is 1. The summed E-state index contributed by atoms with van der Waals surface area (Å²) < 4.78 is 1.24. The first-order chi connectivity index (χ1) is 13.2. The summed E-state index contributed by atoms with van der Waals surface area (Å²) in [5, 5.41) is 0.456. The summed E-state index contributed by atoms with van der Waals surface area (Å²) in [5.74, 6) is 0.123. The second kappa shape index (κ2) is 7.25. The lowest BCUT2D eigenvalue weighted by Gasteiger charge is -2.14. The molecule has 0 aliphatic rings. The molecule has 1 aromatic heterocycles. The Morgan fingerprint density at radius 1 is 0.852 bits per heavy atom. The van der Waals surface area contributed by atoms with Gasteiger partial charge in [-0.1, -0.05) is 72.8 Å². The molecule has 0 fully saturated rings. The van der Waals surface area contributed by atoms with E-state index in [1.165, 1.54) is 4.68 Å². The van der Waals surface area contributed by atoms with Crippen LogP contribution in [0.4, 0.5) is 0 Å². The molecular weight excluding hydrogens is 338 g/mol. The fourth-order valence-electron chi connectivity index (χ4n) is 2.96. The average molecular weight is 355 g/mol. The van der Waals surface area contributed by atoms with E-state index < -0.39 is 0 Å². The summed E-state index contributed by atoms with van der Waals surface area (Å²) in [7, 11) is 0. The lowest BCUT2D eigenvalue weighted by atomic mass is 10.1. The van der Waals surface area contributed by atoms with E-state index in [4.69, 9.17) is 0 Å². The van der Waals surface area contributed by atoms with Crippen molar-refractivity contribution >= 4 is 16.8 Å². The molecule has 0 saturated heterocycles. The molecule has 5 nitrogen and oxygen atoms in total. The Labute approximate surface area is 155 Å². The molecular formula is C22H17N3O2. The van der Waals surface area contributed by atoms with Crippen molar-refractivity contribution in [3.05, 3.63) is 101 Å². The predicted octanol–water partition coefficient (Wildman–Crippen LogP) is 3.38. The van der Waals surface area contributed by atoms with Crippen LogP contribution in [0.5, 0.6) is 0 Å². The van der Waals surface area contributed by atoms with Crippen LogP contribution in [-0.4, -0.2) is 15.6 Å². The van der Waals surface area contributed by atoms with Gasteiger partial charge in [-0.2, -0.15) is 4.68 Å². The monoisotopic (exact) mass is 355 g/mol. The van der Waals surface area contributed by atoms with Crippen LogP contribution in [0, 0.1) is 0 Å². The Kier molecular flexibility index (Phi) is 4.49. The summed E-state index contributed by atoms with van der Waals surface area (Å²) in [4.78, 5) is 30.2. The number of rotatable bonds is 4. The number of carbonyl (C=O) groups excluding carboxylic acids is 1. The molecule has 0 atom stereocenters. The standard InChI is InChI=1S/C22H17N3O2/c26-20(15-16-9-3-1-4-10-16)24-25-21(17-11-5-2-6-12-17)23-19-14-8-7-13-18(19)22(25)27/h1-14H,15H2,(H,24,26). The molecule has 0 saturated carbocycles. The van der Waals surface area contributed by atoms with Crippen LogP contribution in [0.15, 0.2) is 89.7 Å². The lowest BCUT2D eigenvalue weighted by molar-refractivity contribution is -0.116. The van der Waals surface area contributed by atoms with E-state index in [2.05, 4.69) is 10.4 Å². The Morgan fingerprint density at radius 2 is 1.48 bits per heavy atom. The first kappa shape index (κ1) is 16.7. The van der Waals surface area contributed by atoms with Crippen LogP contribution in [0.2, 0.25) is 0 Å². The highest BCUT2D eigenvalue weighted by Gasteiger charge is 2.15. The van der Waals surface area contributed by atoms with E-state index in [0.29, 0.717) is 16.7 Å². The molecule has 0 aliphatic heterocycles. The Balaban J connectivity index is 1.79. The maximum atomic E-state index is 13.0. The molecule has 132 valence electrons. The minimum absolute atomic E-state index is 0.175. The topological polar surface area (TPSA) is 64.0 Å². The van der Waals surface area contributed by atoms with Crippen LogP contribution in [0.1, 0.15) is 5.56 Å². The Morgan fingerprint density at radius 3 is 2.22 bits per heavy atom. The first-order valence-corrected chi connectivity index (χ1v) is 8.63. The number of amides is 1. The molecule has 0 unspecified atom stereocenters. The summed E-state index contributed by atoms with van der Waals surface area (Å²) in [6.45, 7) is 0. The zero-order valence-corrected chi connectivity index (χ0v) is 14.5. The molecule has 27 heavy (non-hydrogen) atoms. The number of benzene rings is 3. The van der Waals surface area contributed by atoms with Gasteiger partial charge < -0.3 is 0 Å². The zero-order valence-electron chi connectivity index (χ0n) is 14.5. The minimum Gasteiger partial charge on any atom is -0.273 e. The van der Waals surface area contributed by atoms with Gasteiger partial charge in [0, 0.05) is 5.56 Å². The summed E-state index contributed by atoms with van der Waals surface area (Å²) in [6, 6.07) is 25.9. The maximum absolute atomic E-state index is 13.0. The molecule has 1 N–H and O–H groups in total. The summed E-state index contributed by atoms with van der Waals surface area (Å²) >= 11 is 0. The fourth-order valence-corrected chi connectivity index (χ4v) is 2.96. The van der Waals surface area contributed by atoms with Gasteiger partial charge in [0.15, 0.2) is 5.82 Å². The minimum atomic E-state index is -0.305. The molecule has 1 heterocycles. The number of hydrogen-bond acceptors (Lipinski definition) is 3. The number of hydrogen-bond donors (Lipinski definition) is 1. The molecule has 0 aliphatic carbocycles. The van der Waals surface area contributed by atoms with Crippen molar-refractivity contribution in [2.45, 2.75) is 6.42 Å². The van der Waals surface area contributed by atoms with Crippen molar-refractivity contribution in [2.75, 3.05) is 5.43 Å². The molecule has 4 aromatic rings. The van der Waals surface area contributed by atoms with Gasteiger partial charge in [-0.3, -0.25) is 15.0 Å². The molecule has 0 radical (unpaired) electrons. The number of fused-ring (bicyclic) bond motifs is 1. The maximum Gasteiger partial charge on any atom is 0.280 e. The molecule has 1 amide bonds. The molecule has 0 spiro atoms. The van der Waals surface area contributed by atoms with Crippen LogP contribution in [0.3, 0.4) is 0 Å². The van der Waals surface area contributed by atoms with E-state index in [-0.39, 0.29) is 17.9 Å². The largest absolute Gasteiger partial charge is 0.280 e. The second-order valence-electron chi connectivity index (χ2n) is 6.16. The highest BCUT2D eigenvalue weighted by atomic mass is 16.2. The van der Waals surface area contributed by atoms with Gasteiger partial charge in [-0.05, 0) is 17.7 Å².